The molecule has 0 saturated carbocycles. The highest BCUT2D eigenvalue weighted by Gasteiger charge is 2.22. The second-order valence-electron chi connectivity index (χ2n) is 6.09. The molecule has 2 rings (SSSR count). The molecule has 0 heterocycles. The Kier molecular flexibility index (Phi) is 6.50. The van der Waals surface area contributed by atoms with E-state index in [1.54, 1.807) is 0 Å². The number of amides is 1. The van der Waals surface area contributed by atoms with E-state index < -0.39 is 4.92 Å². The zero-order chi connectivity index (χ0) is 18.4. The lowest BCUT2D eigenvalue weighted by Gasteiger charge is -2.19. The molecule has 7 heteroatoms. The molecule has 0 bridgehead atoms. The molecule has 0 spiro atoms. The molecule has 132 valence electrons. The van der Waals surface area contributed by atoms with Crippen molar-refractivity contribution in [1.82, 2.24) is 0 Å². The quantitative estimate of drug-likeness (QED) is 0.585. The summed E-state index contributed by atoms with van der Waals surface area (Å²) < 4.78 is 0. The summed E-state index contributed by atoms with van der Waals surface area (Å²) in [7, 11) is 0. The number of hydrogen-bond donors (Lipinski definition) is 2. The molecular formula is C18H21ClN3O3+. The van der Waals surface area contributed by atoms with Crippen molar-refractivity contribution >= 4 is 28.9 Å². The number of anilines is 1. The summed E-state index contributed by atoms with van der Waals surface area (Å²) in [5.41, 5.74) is 1.07. The number of nitrogens with one attached hydrogen (secondary N) is 1. The van der Waals surface area contributed by atoms with Gasteiger partial charge in [0, 0.05) is 22.6 Å². The Morgan fingerprint density at radius 2 is 1.92 bits per heavy atom. The Hall–Kier alpha value is -2.44. The van der Waals surface area contributed by atoms with Gasteiger partial charge in [-0.15, -0.1) is 0 Å². The SMILES string of the molecule is CC(C)[C@@H]([NH2+]CC(=O)Nc1ccc(Cl)cc1[N+](=O)[O-])c1ccccc1. The molecule has 0 unspecified atom stereocenters. The fourth-order valence-electron chi connectivity index (χ4n) is 2.67. The maximum Gasteiger partial charge on any atom is 0.294 e. The molecule has 3 N–H and O–H groups in total. The summed E-state index contributed by atoms with van der Waals surface area (Å²) in [5, 5.41) is 15.9. The van der Waals surface area contributed by atoms with E-state index in [0.717, 1.165) is 5.56 Å². The number of nitro groups is 1. The Balaban J connectivity index is 2.04. The topological polar surface area (TPSA) is 88.8 Å². The van der Waals surface area contributed by atoms with Gasteiger partial charge < -0.3 is 10.6 Å². The first kappa shape index (κ1) is 18.9. The molecule has 0 fully saturated rings. The predicted molar refractivity (Wildman–Crippen MR) is 97.5 cm³/mol. The first-order valence-electron chi connectivity index (χ1n) is 8.00. The molecule has 0 radical (unpaired) electrons. The van der Waals surface area contributed by atoms with Crippen LogP contribution < -0.4 is 10.6 Å². The summed E-state index contributed by atoms with van der Waals surface area (Å²) in [6, 6.07) is 14.3. The zero-order valence-corrected chi connectivity index (χ0v) is 14.9. The van der Waals surface area contributed by atoms with Gasteiger partial charge in [0.2, 0.25) is 0 Å². The van der Waals surface area contributed by atoms with Crippen molar-refractivity contribution in [3.8, 4) is 0 Å². The van der Waals surface area contributed by atoms with Crippen LogP contribution in [-0.4, -0.2) is 17.4 Å². The van der Waals surface area contributed by atoms with Crippen LogP contribution >= 0.6 is 11.6 Å². The van der Waals surface area contributed by atoms with E-state index >= 15 is 0 Å². The third-order valence-corrected chi connectivity index (χ3v) is 4.13. The minimum Gasteiger partial charge on any atom is -0.332 e. The summed E-state index contributed by atoms with van der Waals surface area (Å²) in [5.74, 6) is 0.0343. The van der Waals surface area contributed by atoms with E-state index in [2.05, 4.69) is 19.2 Å². The average molecular weight is 363 g/mol. The summed E-state index contributed by atoms with van der Waals surface area (Å²) >= 11 is 5.78. The number of carbonyl (C=O) groups excluding carboxylic acids is 1. The number of halogens is 1. The van der Waals surface area contributed by atoms with E-state index in [4.69, 9.17) is 11.6 Å². The number of hydrogen-bond acceptors (Lipinski definition) is 3. The normalized spacial score (nSPS) is 12.0. The molecule has 25 heavy (non-hydrogen) atoms. The van der Waals surface area contributed by atoms with Gasteiger partial charge in [-0.2, -0.15) is 0 Å². The van der Waals surface area contributed by atoms with E-state index in [1.807, 2.05) is 35.6 Å². The van der Waals surface area contributed by atoms with E-state index in [-0.39, 0.29) is 34.9 Å². The Bertz CT molecular complexity index is 750. The van der Waals surface area contributed by atoms with Gasteiger partial charge in [0.15, 0.2) is 6.54 Å². The van der Waals surface area contributed by atoms with Gasteiger partial charge in [0.1, 0.15) is 11.7 Å². The predicted octanol–water partition coefficient (Wildman–Crippen LogP) is 3.15. The highest BCUT2D eigenvalue weighted by molar-refractivity contribution is 6.31. The molecule has 1 amide bonds. The van der Waals surface area contributed by atoms with Crippen molar-refractivity contribution in [2.45, 2.75) is 19.9 Å². The van der Waals surface area contributed by atoms with E-state index in [1.165, 1.54) is 18.2 Å². The smallest absolute Gasteiger partial charge is 0.294 e. The van der Waals surface area contributed by atoms with Crippen LogP contribution in [0.1, 0.15) is 25.5 Å². The molecule has 0 aliphatic heterocycles. The van der Waals surface area contributed by atoms with Crippen LogP contribution in [0, 0.1) is 16.0 Å². The van der Waals surface area contributed by atoms with Crippen LogP contribution in [0.3, 0.4) is 0 Å². The van der Waals surface area contributed by atoms with Crippen molar-refractivity contribution in [1.29, 1.82) is 0 Å². The molecule has 2 aromatic rings. The highest BCUT2D eigenvalue weighted by Crippen LogP contribution is 2.27. The molecule has 6 nitrogen and oxygen atoms in total. The first-order chi connectivity index (χ1) is 11.9. The highest BCUT2D eigenvalue weighted by atomic mass is 35.5. The number of benzene rings is 2. The number of carbonyl (C=O) groups is 1. The van der Waals surface area contributed by atoms with E-state index in [9.17, 15) is 14.9 Å². The van der Waals surface area contributed by atoms with Crippen molar-refractivity contribution < 1.29 is 15.0 Å². The zero-order valence-electron chi connectivity index (χ0n) is 14.1. The average Bonchev–Trinajstić information content (AvgIpc) is 2.57. The lowest BCUT2D eigenvalue weighted by atomic mass is 9.96. The van der Waals surface area contributed by atoms with Crippen LogP contribution in [0.5, 0.6) is 0 Å². The molecule has 0 aromatic heterocycles. The van der Waals surface area contributed by atoms with Crippen LogP contribution in [0.2, 0.25) is 5.02 Å². The Morgan fingerprint density at radius 1 is 1.24 bits per heavy atom. The van der Waals surface area contributed by atoms with Crippen molar-refractivity contribution in [2.24, 2.45) is 5.92 Å². The fraction of sp³-hybridized carbons (Fsp3) is 0.278. The van der Waals surface area contributed by atoms with Gasteiger partial charge in [-0.25, -0.2) is 0 Å². The molecule has 2 aromatic carbocycles. The number of nitrogens with two attached hydrogens (primary N) is 1. The summed E-state index contributed by atoms with van der Waals surface area (Å²) in [6.45, 7) is 4.35. The van der Waals surface area contributed by atoms with Crippen LogP contribution in [0.4, 0.5) is 11.4 Å². The molecule has 1 atom stereocenters. The minimum atomic E-state index is -0.563. The van der Waals surface area contributed by atoms with E-state index in [0.29, 0.717) is 5.92 Å². The van der Waals surface area contributed by atoms with Crippen molar-refractivity contribution in [2.75, 3.05) is 11.9 Å². The maximum absolute atomic E-state index is 12.2. The fourth-order valence-corrected chi connectivity index (χ4v) is 2.83. The Labute approximate surface area is 151 Å². The minimum absolute atomic E-state index is 0.132. The lowest BCUT2D eigenvalue weighted by Crippen LogP contribution is -2.88. The number of nitro benzene ring substituents is 1. The number of nitrogens with zero attached hydrogens (tertiary/aromatic N) is 1. The number of rotatable bonds is 7. The molecular weight excluding hydrogens is 342 g/mol. The number of quaternary nitrogens is 1. The standard InChI is InChI=1S/C18H20ClN3O3/c1-12(2)18(13-6-4-3-5-7-13)20-11-17(23)21-15-9-8-14(19)10-16(15)22(24)25/h3-10,12,18,20H,11H2,1-2H3,(H,21,23)/p+1/t18-/m1/s1. The summed E-state index contributed by atoms with van der Waals surface area (Å²) in [4.78, 5) is 22.8. The van der Waals surface area contributed by atoms with Gasteiger partial charge >= 0.3 is 0 Å². The maximum atomic E-state index is 12.2. The first-order valence-corrected chi connectivity index (χ1v) is 8.38. The van der Waals surface area contributed by atoms with Gasteiger partial charge in [-0.3, -0.25) is 14.9 Å². The van der Waals surface area contributed by atoms with Crippen LogP contribution in [0.15, 0.2) is 48.5 Å². The van der Waals surface area contributed by atoms with Crippen molar-refractivity contribution in [3.63, 3.8) is 0 Å². The second kappa shape index (κ2) is 8.60. The van der Waals surface area contributed by atoms with Gasteiger partial charge in [0.25, 0.3) is 11.6 Å². The van der Waals surface area contributed by atoms with Crippen LogP contribution in [-0.2, 0) is 4.79 Å². The van der Waals surface area contributed by atoms with Crippen LogP contribution in [0.25, 0.3) is 0 Å². The Morgan fingerprint density at radius 3 is 2.52 bits per heavy atom. The molecule has 0 aliphatic rings. The van der Waals surface area contributed by atoms with Gasteiger partial charge in [-0.1, -0.05) is 55.8 Å². The van der Waals surface area contributed by atoms with Gasteiger partial charge in [0.05, 0.1) is 4.92 Å². The monoisotopic (exact) mass is 362 g/mol. The second-order valence-corrected chi connectivity index (χ2v) is 6.52. The largest absolute Gasteiger partial charge is 0.332 e. The molecule has 0 aliphatic carbocycles. The third-order valence-electron chi connectivity index (χ3n) is 3.89. The van der Waals surface area contributed by atoms with Gasteiger partial charge in [-0.05, 0) is 12.1 Å². The van der Waals surface area contributed by atoms with Crippen molar-refractivity contribution in [3.05, 3.63) is 69.2 Å². The molecule has 0 saturated heterocycles. The third kappa shape index (κ3) is 5.27. The lowest BCUT2D eigenvalue weighted by molar-refractivity contribution is -0.692. The summed E-state index contributed by atoms with van der Waals surface area (Å²) in [6.07, 6.45) is 0.